The van der Waals surface area contributed by atoms with Crippen molar-refractivity contribution < 1.29 is 0 Å². The van der Waals surface area contributed by atoms with Crippen LogP contribution in [0.15, 0.2) is 36.7 Å². The van der Waals surface area contributed by atoms with Crippen molar-refractivity contribution in [3.8, 4) is 11.3 Å². The first-order valence-electron chi connectivity index (χ1n) is 10.0. The molecule has 3 heterocycles. The van der Waals surface area contributed by atoms with Crippen molar-refractivity contribution in [3.05, 3.63) is 36.7 Å². The fourth-order valence-corrected chi connectivity index (χ4v) is 2.97. The Morgan fingerprint density at radius 1 is 0.929 bits per heavy atom. The highest BCUT2D eigenvalue weighted by Crippen LogP contribution is 2.21. The van der Waals surface area contributed by atoms with Crippen LogP contribution in [0.3, 0.4) is 0 Å². The summed E-state index contributed by atoms with van der Waals surface area (Å²) in [6.07, 6.45) is 5.88. The van der Waals surface area contributed by atoms with Crippen LogP contribution >= 0.6 is 0 Å². The van der Waals surface area contributed by atoms with E-state index in [9.17, 15) is 0 Å². The van der Waals surface area contributed by atoms with Crippen molar-refractivity contribution >= 4 is 17.3 Å². The molecular formula is C21H31N7. The van der Waals surface area contributed by atoms with Crippen LogP contribution in [0.4, 0.5) is 11.6 Å². The van der Waals surface area contributed by atoms with Gasteiger partial charge in [0.05, 0.1) is 11.9 Å². The number of fused-ring (bicyclic) bond motifs is 1. The minimum Gasteiger partial charge on any atom is -0.370 e. The van der Waals surface area contributed by atoms with Crippen LogP contribution in [0.25, 0.3) is 16.9 Å². The summed E-state index contributed by atoms with van der Waals surface area (Å²) in [6, 6.07) is 8.37. The van der Waals surface area contributed by atoms with Crippen molar-refractivity contribution in [3.63, 3.8) is 0 Å². The molecule has 3 aromatic rings. The van der Waals surface area contributed by atoms with Crippen molar-refractivity contribution in [2.45, 2.75) is 39.7 Å². The first-order chi connectivity index (χ1) is 13.6. The first-order valence-corrected chi connectivity index (χ1v) is 10.0. The minimum absolute atomic E-state index is 0.335. The molecule has 7 nitrogen and oxygen atoms in total. The summed E-state index contributed by atoms with van der Waals surface area (Å²) in [4.78, 5) is 9.02. The molecule has 7 heteroatoms. The lowest BCUT2D eigenvalue weighted by molar-refractivity contribution is 0.606. The fraction of sp³-hybridized carbons (Fsp3) is 0.476. The first kappa shape index (κ1) is 20.1. The molecule has 3 rings (SSSR count). The SMILES string of the molecule is CNCCC(C)Nc1ccc2ncc(-c3ccc(NCCC(C)C)nc3)n2n1. The Labute approximate surface area is 167 Å². The summed E-state index contributed by atoms with van der Waals surface area (Å²) in [5, 5.41) is 14.7. The monoisotopic (exact) mass is 381 g/mol. The molecule has 3 aromatic heterocycles. The van der Waals surface area contributed by atoms with E-state index in [1.807, 2.05) is 42.2 Å². The Balaban J connectivity index is 1.74. The standard InChI is InChI=1S/C21H31N7/c1-15(2)9-12-23-19-6-5-17(13-24-19)18-14-25-21-8-7-20(27-28(18)21)26-16(3)10-11-22-4/h5-8,13-16,22H,9-12H2,1-4H3,(H,23,24)(H,26,27). The second-order valence-corrected chi connectivity index (χ2v) is 7.61. The number of hydrogen-bond donors (Lipinski definition) is 3. The molecule has 0 spiro atoms. The summed E-state index contributed by atoms with van der Waals surface area (Å²) < 4.78 is 1.87. The van der Waals surface area contributed by atoms with Crippen LogP contribution in [-0.2, 0) is 0 Å². The van der Waals surface area contributed by atoms with Gasteiger partial charge >= 0.3 is 0 Å². The summed E-state index contributed by atoms with van der Waals surface area (Å²) in [7, 11) is 1.97. The van der Waals surface area contributed by atoms with Crippen molar-refractivity contribution in [1.82, 2.24) is 24.9 Å². The molecule has 0 aromatic carbocycles. The molecule has 0 bridgehead atoms. The maximum Gasteiger partial charge on any atom is 0.154 e. The lowest BCUT2D eigenvalue weighted by Gasteiger charge is -2.14. The number of imidazole rings is 1. The second kappa shape index (κ2) is 9.50. The Hall–Kier alpha value is -2.67. The molecule has 0 amide bonds. The molecule has 28 heavy (non-hydrogen) atoms. The van der Waals surface area contributed by atoms with E-state index in [0.29, 0.717) is 12.0 Å². The third-order valence-corrected chi connectivity index (χ3v) is 4.67. The molecule has 0 aliphatic carbocycles. The van der Waals surface area contributed by atoms with Gasteiger partial charge in [0.15, 0.2) is 5.65 Å². The van der Waals surface area contributed by atoms with Gasteiger partial charge < -0.3 is 16.0 Å². The minimum atomic E-state index is 0.335. The molecule has 0 aliphatic rings. The highest BCUT2D eigenvalue weighted by molar-refractivity contribution is 5.64. The average Bonchev–Trinajstić information content (AvgIpc) is 3.10. The van der Waals surface area contributed by atoms with Gasteiger partial charge in [-0.2, -0.15) is 0 Å². The van der Waals surface area contributed by atoms with Gasteiger partial charge in [-0.25, -0.2) is 14.5 Å². The smallest absolute Gasteiger partial charge is 0.154 e. The lowest BCUT2D eigenvalue weighted by atomic mass is 10.1. The number of hydrogen-bond acceptors (Lipinski definition) is 6. The molecule has 0 fully saturated rings. The summed E-state index contributed by atoms with van der Waals surface area (Å²) in [5.41, 5.74) is 2.75. The zero-order valence-corrected chi connectivity index (χ0v) is 17.2. The van der Waals surface area contributed by atoms with Crippen molar-refractivity contribution in [2.24, 2.45) is 5.92 Å². The van der Waals surface area contributed by atoms with Crippen LogP contribution in [0.2, 0.25) is 0 Å². The molecule has 3 N–H and O–H groups in total. The highest BCUT2D eigenvalue weighted by atomic mass is 15.3. The van der Waals surface area contributed by atoms with E-state index >= 15 is 0 Å². The number of nitrogens with one attached hydrogen (secondary N) is 3. The Morgan fingerprint density at radius 2 is 1.75 bits per heavy atom. The summed E-state index contributed by atoms with van der Waals surface area (Å²) >= 11 is 0. The number of nitrogens with zero attached hydrogens (tertiary/aromatic N) is 4. The zero-order valence-electron chi connectivity index (χ0n) is 17.2. The number of aromatic nitrogens is 4. The zero-order chi connectivity index (χ0) is 19.9. The molecule has 1 unspecified atom stereocenters. The maximum absolute atomic E-state index is 4.73. The van der Waals surface area contributed by atoms with E-state index in [1.54, 1.807) is 0 Å². The molecule has 150 valence electrons. The topological polar surface area (TPSA) is 79.2 Å². The fourth-order valence-electron chi connectivity index (χ4n) is 2.97. The third-order valence-electron chi connectivity index (χ3n) is 4.67. The van der Waals surface area contributed by atoms with Gasteiger partial charge in [0, 0.05) is 24.3 Å². The van der Waals surface area contributed by atoms with Crippen molar-refractivity contribution in [1.29, 1.82) is 0 Å². The van der Waals surface area contributed by atoms with Gasteiger partial charge in [0.1, 0.15) is 11.6 Å². The van der Waals surface area contributed by atoms with E-state index in [1.165, 1.54) is 0 Å². The van der Waals surface area contributed by atoms with Crippen LogP contribution in [0.5, 0.6) is 0 Å². The average molecular weight is 382 g/mol. The van der Waals surface area contributed by atoms with Gasteiger partial charge in [-0.15, -0.1) is 5.10 Å². The predicted molar refractivity (Wildman–Crippen MR) is 116 cm³/mol. The van der Waals surface area contributed by atoms with E-state index in [0.717, 1.165) is 54.5 Å². The van der Waals surface area contributed by atoms with Crippen LogP contribution in [-0.4, -0.2) is 45.8 Å². The van der Waals surface area contributed by atoms with Gasteiger partial charge in [0.25, 0.3) is 0 Å². The predicted octanol–water partition coefficient (Wildman–Crippen LogP) is 3.66. The Kier molecular flexibility index (Phi) is 6.81. The third kappa shape index (κ3) is 5.19. The van der Waals surface area contributed by atoms with Crippen LogP contribution in [0, 0.1) is 5.92 Å². The van der Waals surface area contributed by atoms with Crippen LogP contribution < -0.4 is 16.0 Å². The molecule has 0 saturated heterocycles. The molecule has 0 aliphatic heterocycles. The molecule has 0 saturated carbocycles. The largest absolute Gasteiger partial charge is 0.370 e. The Morgan fingerprint density at radius 3 is 2.46 bits per heavy atom. The maximum atomic E-state index is 4.73. The van der Waals surface area contributed by atoms with Crippen molar-refractivity contribution in [2.75, 3.05) is 30.8 Å². The van der Waals surface area contributed by atoms with Gasteiger partial charge in [0.2, 0.25) is 0 Å². The quantitative estimate of drug-likeness (QED) is 0.497. The van der Waals surface area contributed by atoms with Gasteiger partial charge in [-0.05, 0) is 63.5 Å². The van der Waals surface area contributed by atoms with E-state index in [4.69, 9.17) is 5.10 Å². The van der Waals surface area contributed by atoms with E-state index in [2.05, 4.69) is 52.8 Å². The van der Waals surface area contributed by atoms with Gasteiger partial charge in [-0.3, -0.25) is 0 Å². The van der Waals surface area contributed by atoms with E-state index < -0.39 is 0 Å². The van der Waals surface area contributed by atoms with Gasteiger partial charge in [-0.1, -0.05) is 13.8 Å². The number of pyridine rings is 1. The van der Waals surface area contributed by atoms with E-state index in [-0.39, 0.29) is 0 Å². The number of anilines is 2. The lowest BCUT2D eigenvalue weighted by Crippen LogP contribution is -2.22. The second-order valence-electron chi connectivity index (χ2n) is 7.61. The highest BCUT2D eigenvalue weighted by Gasteiger charge is 2.10. The molecular weight excluding hydrogens is 350 g/mol. The summed E-state index contributed by atoms with van der Waals surface area (Å²) in [6.45, 7) is 8.51. The molecule has 0 radical (unpaired) electrons. The number of rotatable bonds is 10. The van der Waals surface area contributed by atoms with Crippen LogP contribution in [0.1, 0.15) is 33.6 Å². The Bertz CT molecular complexity index is 870. The molecule has 1 atom stereocenters. The normalized spacial score (nSPS) is 12.5. The summed E-state index contributed by atoms with van der Waals surface area (Å²) in [5.74, 6) is 2.42.